The van der Waals surface area contributed by atoms with Crippen LogP contribution >= 0.6 is 22.7 Å². The van der Waals surface area contributed by atoms with Gasteiger partial charge >= 0.3 is 0 Å². The number of thiazole rings is 2. The van der Waals surface area contributed by atoms with Gasteiger partial charge in [-0.25, -0.2) is 20.0 Å². The topological polar surface area (TPSA) is 185 Å². The fourth-order valence-corrected chi connectivity index (χ4v) is 8.32. The van der Waals surface area contributed by atoms with Crippen LogP contribution in [0.2, 0.25) is 0 Å². The van der Waals surface area contributed by atoms with Crippen LogP contribution in [0.4, 0.5) is 0 Å². The number of nitrogens with one attached hydrogen (secondary N) is 4. The smallest absolute Gasteiger partial charge is 0.271 e. The molecule has 284 valence electrons. The van der Waals surface area contributed by atoms with Crippen molar-refractivity contribution in [1.82, 2.24) is 31.2 Å². The highest BCUT2D eigenvalue weighted by Crippen LogP contribution is 2.30. The van der Waals surface area contributed by atoms with Crippen LogP contribution in [0.1, 0.15) is 125 Å². The van der Waals surface area contributed by atoms with E-state index < -0.39 is 60.3 Å². The molecular formula is C36H52N8O6S2. The highest BCUT2D eigenvalue weighted by molar-refractivity contribution is 7.10. The Bertz CT molecular complexity index is 1580. The van der Waals surface area contributed by atoms with Gasteiger partial charge in [0.1, 0.15) is 45.7 Å². The van der Waals surface area contributed by atoms with Crippen LogP contribution in [0.3, 0.4) is 0 Å². The predicted octanol–water partition coefficient (Wildman–Crippen LogP) is 4.60. The highest BCUT2D eigenvalue weighted by Gasteiger charge is 2.42. The van der Waals surface area contributed by atoms with Crippen molar-refractivity contribution in [3.63, 3.8) is 0 Å². The Balaban J connectivity index is 1.55. The molecule has 4 amide bonds. The summed E-state index contributed by atoms with van der Waals surface area (Å²) in [6.07, 6.45) is 0.257. The fourth-order valence-electron chi connectivity index (χ4n) is 6.28. The third-order valence-electron chi connectivity index (χ3n) is 10.1. The van der Waals surface area contributed by atoms with Crippen molar-refractivity contribution >= 4 is 58.1 Å². The predicted molar refractivity (Wildman–Crippen MR) is 201 cm³/mol. The summed E-state index contributed by atoms with van der Waals surface area (Å²) in [6, 6.07) is -3.92. The summed E-state index contributed by atoms with van der Waals surface area (Å²) in [5.41, 5.74) is 0.410. The molecule has 0 unspecified atom stereocenters. The first-order chi connectivity index (χ1) is 24.6. The van der Waals surface area contributed by atoms with Crippen molar-refractivity contribution in [3.8, 4) is 0 Å². The summed E-state index contributed by atoms with van der Waals surface area (Å²) < 4.78 is 12.3. The average Bonchev–Trinajstić information content (AvgIpc) is 3.92. The van der Waals surface area contributed by atoms with Gasteiger partial charge in [-0.3, -0.25) is 19.2 Å². The van der Waals surface area contributed by atoms with E-state index in [4.69, 9.17) is 19.5 Å². The zero-order chi connectivity index (χ0) is 38.0. The summed E-state index contributed by atoms with van der Waals surface area (Å²) in [4.78, 5) is 73.7. The van der Waals surface area contributed by atoms with E-state index in [0.717, 1.165) is 0 Å². The minimum Gasteiger partial charge on any atom is -0.474 e. The number of aromatic nitrogens is 2. The number of fused-ring (bicyclic) bond motifs is 6. The monoisotopic (exact) mass is 756 g/mol. The van der Waals surface area contributed by atoms with Crippen LogP contribution in [0.5, 0.6) is 0 Å². The number of carbonyl (C=O) groups is 4. The quantitative estimate of drug-likeness (QED) is 0.330. The maximum atomic E-state index is 13.8. The van der Waals surface area contributed by atoms with Crippen LogP contribution in [0.15, 0.2) is 20.7 Å². The van der Waals surface area contributed by atoms with Crippen LogP contribution in [0, 0.1) is 23.7 Å². The SMILES string of the molecule is CC[C@H](C)[C@@H]1NC(=O)c2csc(n2)[C@@H](C(C)C)NC(=O)[C@@H]2N=C(O[C@@H]2C)[C@H]([C@@H](C)CC)NC(=O)c2csc(n2)[C@@H](C(C)C)NC(=O)[C@@H]2N=C1O[C@@H]2C. The number of rotatable bonds is 6. The van der Waals surface area contributed by atoms with Crippen molar-refractivity contribution in [2.75, 3.05) is 0 Å². The molecule has 5 rings (SSSR count). The van der Waals surface area contributed by atoms with Gasteiger partial charge in [-0.1, -0.05) is 68.2 Å². The molecule has 0 aromatic carbocycles. The molecule has 10 atom stereocenters. The van der Waals surface area contributed by atoms with Gasteiger partial charge in [0.25, 0.3) is 11.8 Å². The number of hydrogen-bond donors (Lipinski definition) is 4. The standard InChI is InChI=1S/C36H52N8O6S2/c1-11-17(7)25-33-43-27(19(9)49-33)31(47)39-24(16(5)6)36-38-22(14-52-36)30(46)42-26(18(8)12-2)34-44-28(20(10)50-34)32(48)40-23(15(3)4)35-37-21(13-51-35)29(45)41-25/h13-20,23-28H,11-12H2,1-10H3,(H,39,47)(H,40,48)(H,41,45)(H,42,46)/t17-,18-,19+,20+,23+,24+,25-,26-,27+,28+/m0/s1. The molecule has 0 fully saturated rings. The lowest BCUT2D eigenvalue weighted by Gasteiger charge is -2.24. The lowest BCUT2D eigenvalue weighted by atomic mass is 9.98. The van der Waals surface area contributed by atoms with Crippen molar-refractivity contribution in [3.05, 3.63) is 32.2 Å². The van der Waals surface area contributed by atoms with Gasteiger partial charge in [0.2, 0.25) is 23.6 Å². The molecular weight excluding hydrogens is 705 g/mol. The number of aliphatic imine (C=N–C) groups is 2. The van der Waals surface area contributed by atoms with E-state index in [1.165, 1.54) is 22.7 Å². The molecule has 0 radical (unpaired) electrons. The Kier molecular flexibility index (Phi) is 12.4. The third-order valence-corrected chi connectivity index (χ3v) is 11.9. The molecule has 0 saturated carbocycles. The lowest BCUT2D eigenvalue weighted by molar-refractivity contribution is -0.125. The first kappa shape index (κ1) is 39.3. The number of nitrogens with zero attached hydrogens (tertiary/aromatic N) is 4. The summed E-state index contributed by atoms with van der Waals surface area (Å²) in [5, 5.41) is 16.8. The van der Waals surface area contributed by atoms with E-state index in [0.29, 0.717) is 22.9 Å². The van der Waals surface area contributed by atoms with Crippen molar-refractivity contribution in [2.24, 2.45) is 33.7 Å². The number of carbonyl (C=O) groups excluding carboxylic acids is 4. The maximum Gasteiger partial charge on any atom is 0.271 e. The average molecular weight is 757 g/mol. The largest absolute Gasteiger partial charge is 0.474 e. The molecule has 2 aromatic heterocycles. The molecule has 3 aliphatic heterocycles. The molecule has 4 N–H and O–H groups in total. The zero-order valence-electron chi connectivity index (χ0n) is 31.6. The minimum atomic E-state index is -0.857. The van der Waals surface area contributed by atoms with Crippen LogP contribution < -0.4 is 21.3 Å². The Labute approximate surface area is 313 Å². The normalized spacial score (nSPS) is 29.8. The van der Waals surface area contributed by atoms with Gasteiger partial charge < -0.3 is 30.7 Å². The Hall–Kier alpha value is -3.92. The van der Waals surface area contributed by atoms with Gasteiger partial charge in [0.05, 0.1) is 12.1 Å². The van der Waals surface area contributed by atoms with E-state index in [2.05, 4.69) is 31.2 Å². The second-order valence-electron chi connectivity index (χ2n) is 14.7. The van der Waals surface area contributed by atoms with E-state index in [-0.39, 0.29) is 58.7 Å². The minimum absolute atomic E-state index is 0.0604. The molecule has 3 aliphatic rings. The molecule has 8 bridgehead atoms. The molecule has 5 heterocycles. The molecule has 52 heavy (non-hydrogen) atoms. The van der Waals surface area contributed by atoms with Crippen molar-refractivity contribution < 1.29 is 28.7 Å². The summed E-state index contributed by atoms with van der Waals surface area (Å²) in [7, 11) is 0. The van der Waals surface area contributed by atoms with Gasteiger partial charge in [-0.05, 0) is 37.5 Å². The third kappa shape index (κ3) is 8.32. The van der Waals surface area contributed by atoms with E-state index in [1.54, 1.807) is 24.6 Å². The number of amides is 4. The second-order valence-corrected chi connectivity index (χ2v) is 16.5. The maximum absolute atomic E-state index is 13.8. The summed E-state index contributed by atoms with van der Waals surface area (Å²) in [6.45, 7) is 19.4. The van der Waals surface area contributed by atoms with Gasteiger partial charge in [0.15, 0.2) is 12.1 Å². The van der Waals surface area contributed by atoms with E-state index in [9.17, 15) is 19.2 Å². The first-order valence-corrected chi connectivity index (χ1v) is 20.0. The molecule has 14 nitrogen and oxygen atoms in total. The second kappa shape index (κ2) is 16.4. The van der Waals surface area contributed by atoms with E-state index in [1.807, 2.05) is 55.4 Å². The lowest BCUT2D eigenvalue weighted by Crippen LogP contribution is -2.46. The van der Waals surface area contributed by atoms with Gasteiger partial charge in [-0.15, -0.1) is 22.7 Å². The highest BCUT2D eigenvalue weighted by atomic mass is 32.1. The zero-order valence-corrected chi connectivity index (χ0v) is 33.2. The van der Waals surface area contributed by atoms with Crippen molar-refractivity contribution in [2.45, 2.75) is 131 Å². The summed E-state index contributed by atoms with van der Waals surface area (Å²) >= 11 is 2.57. The first-order valence-electron chi connectivity index (χ1n) is 18.2. The van der Waals surface area contributed by atoms with Crippen molar-refractivity contribution in [1.29, 1.82) is 0 Å². The Morgan fingerprint density at radius 1 is 0.615 bits per heavy atom. The fraction of sp³-hybridized carbons (Fsp3) is 0.667. The summed E-state index contributed by atoms with van der Waals surface area (Å²) in [5.74, 6) is -1.19. The molecule has 0 saturated heterocycles. The Morgan fingerprint density at radius 2 is 0.981 bits per heavy atom. The molecule has 0 aliphatic carbocycles. The van der Waals surface area contributed by atoms with Crippen LogP contribution in [-0.2, 0) is 19.1 Å². The number of ether oxygens (including phenoxy) is 2. The van der Waals surface area contributed by atoms with Gasteiger partial charge in [-0.2, -0.15) is 0 Å². The molecule has 2 aromatic rings. The van der Waals surface area contributed by atoms with Crippen LogP contribution in [-0.4, -0.2) is 81.8 Å². The number of hydrogen-bond acceptors (Lipinski definition) is 12. The van der Waals surface area contributed by atoms with E-state index >= 15 is 0 Å². The van der Waals surface area contributed by atoms with Gasteiger partial charge in [0, 0.05) is 10.8 Å². The van der Waals surface area contributed by atoms with Crippen LogP contribution in [0.25, 0.3) is 0 Å². The molecule has 16 heteroatoms. The molecule has 0 spiro atoms. The Morgan fingerprint density at radius 3 is 1.31 bits per heavy atom.